The quantitative estimate of drug-likeness (QED) is 0.768. The van der Waals surface area contributed by atoms with Gasteiger partial charge < -0.3 is 10.1 Å². The Morgan fingerprint density at radius 1 is 1.29 bits per heavy atom. The van der Waals surface area contributed by atoms with Gasteiger partial charge in [0.1, 0.15) is 5.56 Å². The second-order valence-corrected chi connectivity index (χ2v) is 5.11. The first-order chi connectivity index (χ1) is 9.91. The van der Waals surface area contributed by atoms with Crippen molar-refractivity contribution < 1.29 is 17.9 Å². The van der Waals surface area contributed by atoms with Gasteiger partial charge in [0, 0.05) is 9.77 Å². The molecule has 1 heterocycles. The highest BCUT2D eigenvalue weighted by Crippen LogP contribution is 2.35. The summed E-state index contributed by atoms with van der Waals surface area (Å²) >= 11 is 2.10. The molecule has 4 nitrogen and oxygen atoms in total. The Balaban J connectivity index is 2.34. The molecule has 112 valence electrons. The minimum atomic E-state index is -4.55. The van der Waals surface area contributed by atoms with Gasteiger partial charge in [-0.2, -0.15) is 18.2 Å². The summed E-state index contributed by atoms with van der Waals surface area (Å²) in [4.78, 5) is 7.50. The molecule has 0 bridgehead atoms. The van der Waals surface area contributed by atoms with Crippen LogP contribution in [0.1, 0.15) is 12.5 Å². The van der Waals surface area contributed by atoms with Gasteiger partial charge in [0.2, 0.25) is 11.8 Å². The number of nitrogens with zero attached hydrogens (tertiary/aromatic N) is 2. The number of hydrogen-bond donors (Lipinski definition) is 1. The summed E-state index contributed by atoms with van der Waals surface area (Å²) < 4.78 is 44.3. The van der Waals surface area contributed by atoms with Crippen LogP contribution < -0.4 is 10.1 Å². The van der Waals surface area contributed by atoms with Crippen LogP contribution in [0.5, 0.6) is 5.88 Å². The molecule has 1 aromatic heterocycles. The monoisotopic (exact) mass is 409 g/mol. The normalized spacial score (nSPS) is 11.3. The number of anilines is 2. The molecule has 0 spiro atoms. The van der Waals surface area contributed by atoms with E-state index in [1.54, 1.807) is 19.1 Å². The van der Waals surface area contributed by atoms with Crippen molar-refractivity contribution in [2.45, 2.75) is 13.1 Å². The second kappa shape index (κ2) is 6.46. The highest BCUT2D eigenvalue weighted by atomic mass is 127. The highest BCUT2D eigenvalue weighted by Gasteiger charge is 2.36. The predicted molar refractivity (Wildman–Crippen MR) is 80.6 cm³/mol. The van der Waals surface area contributed by atoms with Crippen LogP contribution in [0.25, 0.3) is 0 Å². The van der Waals surface area contributed by atoms with Crippen LogP contribution >= 0.6 is 22.6 Å². The molecule has 0 atom stereocenters. The van der Waals surface area contributed by atoms with E-state index in [0.717, 1.165) is 9.77 Å². The fourth-order valence-corrected chi connectivity index (χ4v) is 2.07. The number of rotatable bonds is 4. The van der Waals surface area contributed by atoms with Gasteiger partial charge in [-0.1, -0.05) is 12.1 Å². The standard InChI is InChI=1S/C13H11F3IN3O/c1-2-21-11-8(13(14,15)16)7-18-12(20-11)19-10-6-4-3-5-9(10)17/h3-7H,2H2,1H3,(H,18,19,20). The van der Waals surface area contributed by atoms with Crippen LogP contribution in [-0.2, 0) is 6.18 Å². The third-order valence-corrected chi connectivity index (χ3v) is 3.40. The third kappa shape index (κ3) is 3.96. The number of aromatic nitrogens is 2. The van der Waals surface area contributed by atoms with Gasteiger partial charge in [0.15, 0.2) is 0 Å². The van der Waals surface area contributed by atoms with E-state index in [9.17, 15) is 13.2 Å². The second-order valence-electron chi connectivity index (χ2n) is 3.95. The molecular formula is C13H11F3IN3O. The molecule has 0 saturated heterocycles. The van der Waals surface area contributed by atoms with Crippen LogP contribution in [0.2, 0.25) is 0 Å². The zero-order valence-electron chi connectivity index (χ0n) is 10.9. The number of nitrogens with one attached hydrogen (secondary N) is 1. The van der Waals surface area contributed by atoms with E-state index in [1.807, 2.05) is 12.1 Å². The predicted octanol–water partition coefficient (Wildman–Crippen LogP) is 4.24. The molecule has 0 fully saturated rings. The first kappa shape index (κ1) is 15.8. The Bertz CT molecular complexity index is 634. The third-order valence-electron chi connectivity index (χ3n) is 2.46. The Kier molecular flexibility index (Phi) is 4.86. The molecule has 0 saturated carbocycles. The van der Waals surface area contributed by atoms with Crippen LogP contribution in [0.4, 0.5) is 24.8 Å². The fraction of sp³-hybridized carbons (Fsp3) is 0.231. The molecule has 8 heteroatoms. The van der Waals surface area contributed by atoms with E-state index in [-0.39, 0.29) is 12.6 Å². The Labute approximate surface area is 132 Å². The van der Waals surface area contributed by atoms with E-state index in [2.05, 4.69) is 37.9 Å². The van der Waals surface area contributed by atoms with E-state index in [0.29, 0.717) is 5.69 Å². The van der Waals surface area contributed by atoms with Crippen molar-refractivity contribution in [3.05, 3.63) is 39.6 Å². The summed E-state index contributed by atoms with van der Waals surface area (Å²) in [7, 11) is 0. The van der Waals surface area contributed by atoms with Crippen molar-refractivity contribution in [1.29, 1.82) is 0 Å². The summed E-state index contributed by atoms with van der Waals surface area (Å²) in [6.45, 7) is 1.68. The molecule has 1 aromatic carbocycles. The molecule has 0 amide bonds. The number of ether oxygens (including phenoxy) is 1. The summed E-state index contributed by atoms with van der Waals surface area (Å²) in [5, 5.41) is 2.87. The van der Waals surface area contributed by atoms with Crippen molar-refractivity contribution >= 4 is 34.2 Å². The van der Waals surface area contributed by atoms with Crippen molar-refractivity contribution in [3.63, 3.8) is 0 Å². The minimum Gasteiger partial charge on any atom is -0.477 e. The number of para-hydroxylation sites is 1. The van der Waals surface area contributed by atoms with Crippen molar-refractivity contribution in [2.75, 3.05) is 11.9 Å². The molecule has 0 aliphatic heterocycles. The molecule has 21 heavy (non-hydrogen) atoms. The topological polar surface area (TPSA) is 47.0 Å². The van der Waals surface area contributed by atoms with Gasteiger partial charge in [-0.3, -0.25) is 0 Å². The minimum absolute atomic E-state index is 0.0514. The van der Waals surface area contributed by atoms with Crippen molar-refractivity contribution in [2.24, 2.45) is 0 Å². The lowest BCUT2D eigenvalue weighted by Crippen LogP contribution is -2.12. The molecule has 0 aliphatic rings. The van der Waals surface area contributed by atoms with Gasteiger partial charge in [0.05, 0.1) is 12.3 Å². The van der Waals surface area contributed by atoms with Gasteiger partial charge in [0.25, 0.3) is 0 Å². The molecule has 0 radical (unpaired) electrons. The average Bonchev–Trinajstić information content (AvgIpc) is 2.41. The largest absolute Gasteiger partial charge is 0.477 e. The lowest BCUT2D eigenvalue weighted by Gasteiger charge is -2.13. The summed E-state index contributed by atoms with van der Waals surface area (Å²) in [5.74, 6) is -0.427. The molecular weight excluding hydrogens is 398 g/mol. The summed E-state index contributed by atoms with van der Waals surface area (Å²) in [6, 6.07) is 7.30. The van der Waals surface area contributed by atoms with Crippen molar-refractivity contribution in [1.82, 2.24) is 9.97 Å². The van der Waals surface area contributed by atoms with E-state index < -0.39 is 17.6 Å². The molecule has 0 aliphatic carbocycles. The van der Waals surface area contributed by atoms with Gasteiger partial charge in [-0.05, 0) is 41.6 Å². The molecule has 2 aromatic rings. The Morgan fingerprint density at radius 2 is 2.00 bits per heavy atom. The average molecular weight is 409 g/mol. The van der Waals surface area contributed by atoms with E-state index >= 15 is 0 Å². The SMILES string of the molecule is CCOc1nc(Nc2ccccc2I)ncc1C(F)(F)F. The van der Waals surface area contributed by atoms with Crippen LogP contribution in [-0.4, -0.2) is 16.6 Å². The Hall–Kier alpha value is -1.58. The van der Waals surface area contributed by atoms with Gasteiger partial charge in [-0.25, -0.2) is 4.98 Å². The smallest absolute Gasteiger partial charge is 0.423 e. The van der Waals surface area contributed by atoms with Gasteiger partial charge >= 0.3 is 6.18 Å². The maximum atomic E-state index is 12.8. The lowest BCUT2D eigenvalue weighted by atomic mass is 10.3. The number of benzene rings is 1. The zero-order chi connectivity index (χ0) is 15.5. The Morgan fingerprint density at radius 3 is 2.62 bits per heavy atom. The van der Waals surface area contributed by atoms with E-state index in [4.69, 9.17) is 4.74 Å². The molecule has 2 rings (SSSR count). The van der Waals surface area contributed by atoms with Crippen LogP contribution in [0, 0.1) is 3.57 Å². The van der Waals surface area contributed by atoms with E-state index in [1.165, 1.54) is 0 Å². The maximum absolute atomic E-state index is 12.8. The lowest BCUT2D eigenvalue weighted by molar-refractivity contribution is -0.139. The van der Waals surface area contributed by atoms with Gasteiger partial charge in [-0.15, -0.1) is 0 Å². The van der Waals surface area contributed by atoms with Crippen molar-refractivity contribution in [3.8, 4) is 5.88 Å². The number of hydrogen-bond acceptors (Lipinski definition) is 4. The first-order valence-electron chi connectivity index (χ1n) is 6.00. The van der Waals surface area contributed by atoms with Crippen LogP contribution in [0.3, 0.4) is 0 Å². The first-order valence-corrected chi connectivity index (χ1v) is 7.08. The fourth-order valence-electron chi connectivity index (χ4n) is 1.55. The molecule has 0 unspecified atom stereocenters. The highest BCUT2D eigenvalue weighted by molar-refractivity contribution is 14.1. The maximum Gasteiger partial charge on any atom is 0.423 e. The number of alkyl halides is 3. The summed E-state index contributed by atoms with van der Waals surface area (Å²) in [6.07, 6.45) is -3.83. The van der Waals surface area contributed by atoms with Crippen LogP contribution in [0.15, 0.2) is 30.5 Å². The zero-order valence-corrected chi connectivity index (χ0v) is 13.1. The summed E-state index contributed by atoms with van der Waals surface area (Å²) in [5.41, 5.74) is -0.280. The molecule has 1 N–H and O–H groups in total. The number of halogens is 4.